The Balaban J connectivity index is 1.91. The summed E-state index contributed by atoms with van der Waals surface area (Å²) in [4.78, 5) is 11.1. The number of halogens is 2. The maximum absolute atomic E-state index is 9.54. The molecule has 0 spiro atoms. The lowest BCUT2D eigenvalue weighted by atomic mass is 9.90. The third-order valence-electron chi connectivity index (χ3n) is 4.88. The summed E-state index contributed by atoms with van der Waals surface area (Å²) in [6, 6.07) is 7.47. The Morgan fingerprint density at radius 1 is 1.24 bits per heavy atom. The van der Waals surface area contributed by atoms with Gasteiger partial charge in [0.1, 0.15) is 6.07 Å². The Hall–Kier alpha value is -1.87. The van der Waals surface area contributed by atoms with Crippen LogP contribution < -0.4 is 10.2 Å². The molecular weight excluding hydrogens is 357 g/mol. The molecule has 1 aromatic heterocycles. The summed E-state index contributed by atoms with van der Waals surface area (Å²) in [7, 11) is 1.99. The number of hydrogen-bond donors (Lipinski definition) is 1. The first-order chi connectivity index (χ1) is 12.0. The summed E-state index contributed by atoms with van der Waals surface area (Å²) >= 11 is 12.4. The van der Waals surface area contributed by atoms with Crippen LogP contribution in [0.15, 0.2) is 24.4 Å². The van der Waals surface area contributed by atoms with E-state index in [1.807, 2.05) is 13.1 Å². The third kappa shape index (κ3) is 3.57. The summed E-state index contributed by atoms with van der Waals surface area (Å²) in [5, 5.41) is 13.8. The zero-order valence-corrected chi connectivity index (χ0v) is 15.7. The van der Waals surface area contributed by atoms with E-state index in [1.54, 1.807) is 18.3 Å². The lowest BCUT2D eigenvalue weighted by Crippen LogP contribution is -2.50. The van der Waals surface area contributed by atoms with Gasteiger partial charge in [-0.25, -0.2) is 9.97 Å². The van der Waals surface area contributed by atoms with Crippen LogP contribution in [0.5, 0.6) is 0 Å². The Morgan fingerprint density at radius 2 is 1.96 bits per heavy atom. The van der Waals surface area contributed by atoms with E-state index < -0.39 is 0 Å². The maximum Gasteiger partial charge on any atom is 0.226 e. The molecule has 0 aliphatic carbocycles. The molecule has 25 heavy (non-hydrogen) atoms. The molecule has 3 rings (SSSR count). The van der Waals surface area contributed by atoms with Crippen LogP contribution in [0, 0.1) is 11.3 Å². The first-order valence-electron chi connectivity index (χ1n) is 8.13. The topological polar surface area (TPSA) is 64.8 Å². The molecule has 0 radical (unpaired) electrons. The fourth-order valence-corrected chi connectivity index (χ4v) is 3.37. The highest BCUT2D eigenvalue weighted by Gasteiger charge is 2.29. The van der Waals surface area contributed by atoms with Gasteiger partial charge in [0.25, 0.3) is 0 Å². The summed E-state index contributed by atoms with van der Waals surface area (Å²) in [5.74, 6) is 0.580. The molecule has 0 bridgehead atoms. The van der Waals surface area contributed by atoms with Gasteiger partial charge >= 0.3 is 0 Å². The quantitative estimate of drug-likeness (QED) is 0.880. The van der Waals surface area contributed by atoms with Gasteiger partial charge in [0.15, 0.2) is 5.69 Å². The van der Waals surface area contributed by atoms with Crippen molar-refractivity contribution < 1.29 is 0 Å². The van der Waals surface area contributed by atoms with Gasteiger partial charge in [0.05, 0.1) is 10.0 Å². The van der Waals surface area contributed by atoms with Crippen LogP contribution in [0.3, 0.4) is 0 Å². The Morgan fingerprint density at radius 3 is 2.60 bits per heavy atom. The molecule has 1 aromatic carbocycles. The van der Waals surface area contributed by atoms with E-state index in [-0.39, 0.29) is 5.54 Å². The van der Waals surface area contributed by atoms with Gasteiger partial charge in [0.2, 0.25) is 5.95 Å². The highest BCUT2D eigenvalue weighted by molar-refractivity contribution is 6.43. The number of aromatic nitrogens is 2. The number of piperidine rings is 1. The SMILES string of the molecule is CNC1(C)CCN(c2ncc(-c3cccc(Cl)c3Cl)c(C#N)n2)CC1. The second-order valence-electron chi connectivity index (χ2n) is 6.44. The van der Waals surface area contributed by atoms with Crippen molar-refractivity contribution in [2.75, 3.05) is 25.0 Å². The van der Waals surface area contributed by atoms with E-state index in [0.29, 0.717) is 32.8 Å². The second kappa shape index (κ2) is 7.17. The monoisotopic (exact) mass is 375 g/mol. The summed E-state index contributed by atoms with van der Waals surface area (Å²) in [6.07, 6.45) is 3.65. The molecule has 7 heteroatoms. The van der Waals surface area contributed by atoms with Crippen molar-refractivity contribution in [3.63, 3.8) is 0 Å². The number of nitriles is 1. The average molecular weight is 376 g/mol. The van der Waals surface area contributed by atoms with Crippen molar-refractivity contribution in [2.24, 2.45) is 0 Å². The minimum Gasteiger partial charge on any atom is -0.341 e. The fourth-order valence-electron chi connectivity index (χ4n) is 2.97. The van der Waals surface area contributed by atoms with E-state index in [9.17, 15) is 5.26 Å². The van der Waals surface area contributed by atoms with Gasteiger partial charge in [-0.3, -0.25) is 0 Å². The smallest absolute Gasteiger partial charge is 0.226 e. The number of hydrogen-bond acceptors (Lipinski definition) is 5. The van der Waals surface area contributed by atoms with Gasteiger partial charge in [-0.1, -0.05) is 35.3 Å². The van der Waals surface area contributed by atoms with Gasteiger partial charge in [-0.2, -0.15) is 5.26 Å². The fraction of sp³-hybridized carbons (Fsp3) is 0.389. The molecule has 2 aromatic rings. The first-order valence-corrected chi connectivity index (χ1v) is 8.88. The highest BCUT2D eigenvalue weighted by Crippen LogP contribution is 2.35. The highest BCUT2D eigenvalue weighted by atomic mass is 35.5. The van der Waals surface area contributed by atoms with Crippen LogP contribution in [0.2, 0.25) is 10.0 Å². The van der Waals surface area contributed by atoms with Crippen LogP contribution in [0.1, 0.15) is 25.5 Å². The van der Waals surface area contributed by atoms with Crippen LogP contribution >= 0.6 is 23.2 Å². The molecule has 1 N–H and O–H groups in total. The predicted molar refractivity (Wildman–Crippen MR) is 101 cm³/mol. The minimum atomic E-state index is 0.142. The molecule has 5 nitrogen and oxygen atoms in total. The second-order valence-corrected chi connectivity index (χ2v) is 7.23. The van der Waals surface area contributed by atoms with Gasteiger partial charge in [-0.05, 0) is 32.9 Å². The molecule has 2 heterocycles. The molecule has 0 amide bonds. The van der Waals surface area contributed by atoms with Crippen LogP contribution in [0.4, 0.5) is 5.95 Å². The lowest BCUT2D eigenvalue weighted by Gasteiger charge is -2.39. The Bertz CT molecular complexity index is 823. The molecule has 0 unspecified atom stereocenters. The third-order valence-corrected chi connectivity index (χ3v) is 5.70. The summed E-state index contributed by atoms with van der Waals surface area (Å²) in [5.41, 5.74) is 1.70. The lowest BCUT2D eigenvalue weighted by molar-refractivity contribution is 0.303. The van der Waals surface area contributed by atoms with Gasteiger partial charge in [-0.15, -0.1) is 0 Å². The van der Waals surface area contributed by atoms with E-state index in [0.717, 1.165) is 25.9 Å². The number of rotatable bonds is 3. The minimum absolute atomic E-state index is 0.142. The molecule has 0 atom stereocenters. The van der Waals surface area contributed by atoms with E-state index in [4.69, 9.17) is 23.2 Å². The maximum atomic E-state index is 9.54. The predicted octanol–water partition coefficient (Wildman–Crippen LogP) is 3.90. The molecule has 1 aliphatic heterocycles. The molecule has 1 saturated heterocycles. The number of nitrogens with zero attached hydrogens (tertiary/aromatic N) is 4. The summed E-state index contributed by atoms with van der Waals surface area (Å²) < 4.78 is 0. The van der Waals surface area contributed by atoms with E-state index in [2.05, 4.69) is 33.2 Å². The van der Waals surface area contributed by atoms with Gasteiger partial charge in [0, 0.05) is 36.0 Å². The normalized spacial score (nSPS) is 16.5. The Kier molecular flexibility index (Phi) is 5.14. The van der Waals surface area contributed by atoms with Crippen molar-refractivity contribution in [1.82, 2.24) is 15.3 Å². The van der Waals surface area contributed by atoms with Crippen molar-refractivity contribution in [3.8, 4) is 17.2 Å². The number of anilines is 1. The van der Waals surface area contributed by atoms with E-state index >= 15 is 0 Å². The van der Waals surface area contributed by atoms with Gasteiger partial charge < -0.3 is 10.2 Å². The largest absolute Gasteiger partial charge is 0.341 e. The molecule has 130 valence electrons. The van der Waals surface area contributed by atoms with E-state index in [1.165, 1.54) is 0 Å². The van der Waals surface area contributed by atoms with Crippen molar-refractivity contribution in [2.45, 2.75) is 25.3 Å². The standard InChI is InChI=1S/C18H19Cl2N5/c1-18(22-2)6-8-25(9-7-18)17-23-11-13(15(10-21)24-17)12-4-3-5-14(19)16(12)20/h3-5,11,22H,6-9H2,1-2H3. The first kappa shape index (κ1) is 17.9. The number of nitrogens with one attached hydrogen (secondary N) is 1. The molecule has 1 aliphatic rings. The van der Waals surface area contributed by atoms with Crippen LogP contribution in [0.25, 0.3) is 11.1 Å². The van der Waals surface area contributed by atoms with Crippen LogP contribution in [-0.4, -0.2) is 35.6 Å². The van der Waals surface area contributed by atoms with Crippen molar-refractivity contribution >= 4 is 29.2 Å². The zero-order chi connectivity index (χ0) is 18.0. The molecular formula is C18H19Cl2N5. The molecule has 0 saturated carbocycles. The van der Waals surface area contributed by atoms with Crippen molar-refractivity contribution in [3.05, 3.63) is 40.1 Å². The molecule has 1 fully saturated rings. The summed E-state index contributed by atoms with van der Waals surface area (Å²) in [6.45, 7) is 3.91. The number of benzene rings is 1. The Labute approximate surface area is 157 Å². The van der Waals surface area contributed by atoms with Crippen molar-refractivity contribution in [1.29, 1.82) is 5.26 Å². The van der Waals surface area contributed by atoms with Crippen LogP contribution in [-0.2, 0) is 0 Å². The average Bonchev–Trinajstić information content (AvgIpc) is 2.64. The zero-order valence-electron chi connectivity index (χ0n) is 14.2.